The maximum Gasteiger partial charge on any atom is 0.255 e. The largest absolute Gasteiger partial charge is 0.454 e. The molecule has 0 aliphatic carbocycles. The van der Waals surface area contributed by atoms with Gasteiger partial charge >= 0.3 is 0 Å². The summed E-state index contributed by atoms with van der Waals surface area (Å²) < 4.78 is 37.5. The molecular formula is C19H21N3O5S. The first kappa shape index (κ1) is 18.7. The van der Waals surface area contributed by atoms with Gasteiger partial charge in [0.2, 0.25) is 16.8 Å². The molecule has 0 bridgehead atoms. The number of hydrogen-bond acceptors (Lipinski definition) is 6. The summed E-state index contributed by atoms with van der Waals surface area (Å²) in [6.07, 6.45) is 0. The van der Waals surface area contributed by atoms with Crippen molar-refractivity contribution < 1.29 is 22.7 Å². The van der Waals surface area contributed by atoms with E-state index in [1.165, 1.54) is 28.6 Å². The second kappa shape index (κ2) is 7.42. The Labute approximate surface area is 163 Å². The summed E-state index contributed by atoms with van der Waals surface area (Å²) in [5, 5.41) is 2.77. The Morgan fingerprint density at radius 3 is 2.36 bits per heavy atom. The molecule has 8 nitrogen and oxygen atoms in total. The van der Waals surface area contributed by atoms with Crippen molar-refractivity contribution in [1.29, 1.82) is 0 Å². The number of nitrogens with zero attached hydrogens (tertiary/aromatic N) is 2. The molecule has 1 amide bonds. The van der Waals surface area contributed by atoms with Crippen LogP contribution in [0.15, 0.2) is 47.4 Å². The number of anilines is 1. The van der Waals surface area contributed by atoms with E-state index in [0.717, 1.165) is 0 Å². The van der Waals surface area contributed by atoms with Gasteiger partial charge in [-0.25, -0.2) is 8.42 Å². The molecule has 2 aliphatic rings. The number of hydrogen-bond donors (Lipinski definition) is 1. The molecule has 1 N–H and O–H groups in total. The fourth-order valence-corrected chi connectivity index (χ4v) is 4.56. The van der Waals surface area contributed by atoms with Crippen LogP contribution in [-0.2, 0) is 10.0 Å². The van der Waals surface area contributed by atoms with Crippen molar-refractivity contribution in [3.05, 3.63) is 48.0 Å². The summed E-state index contributed by atoms with van der Waals surface area (Å²) in [7, 11) is -1.58. The molecule has 2 heterocycles. The fraction of sp³-hybridized carbons (Fsp3) is 0.316. The quantitative estimate of drug-likeness (QED) is 0.834. The van der Waals surface area contributed by atoms with Crippen molar-refractivity contribution in [3.8, 4) is 11.5 Å². The topological polar surface area (TPSA) is 88.2 Å². The van der Waals surface area contributed by atoms with E-state index in [1.807, 2.05) is 7.05 Å². The lowest BCUT2D eigenvalue weighted by atomic mass is 10.2. The first-order valence-electron chi connectivity index (χ1n) is 8.93. The molecule has 1 saturated heterocycles. The fourth-order valence-electron chi connectivity index (χ4n) is 3.13. The Balaban J connectivity index is 1.46. The van der Waals surface area contributed by atoms with Gasteiger partial charge in [-0.1, -0.05) is 0 Å². The SMILES string of the molecule is CN1CCN(S(=O)(=O)c2ccc(C(=O)Nc3ccc4c(c3)OCO4)cc2)CC1. The standard InChI is InChI=1S/C19H21N3O5S/c1-21-8-10-22(11-9-21)28(24,25)16-5-2-14(3-6-16)19(23)20-15-4-7-17-18(12-15)27-13-26-17/h2-7,12H,8-11,13H2,1H3,(H,20,23). The zero-order valence-corrected chi connectivity index (χ0v) is 16.2. The Morgan fingerprint density at radius 1 is 0.964 bits per heavy atom. The second-order valence-corrected chi connectivity index (χ2v) is 8.69. The van der Waals surface area contributed by atoms with Crippen molar-refractivity contribution in [2.45, 2.75) is 4.90 Å². The van der Waals surface area contributed by atoms with Crippen LogP contribution in [0.5, 0.6) is 11.5 Å². The highest BCUT2D eigenvalue weighted by Crippen LogP contribution is 2.34. The van der Waals surface area contributed by atoms with Crippen LogP contribution in [0.4, 0.5) is 5.69 Å². The number of carbonyl (C=O) groups excluding carboxylic acids is 1. The number of sulfonamides is 1. The van der Waals surface area contributed by atoms with E-state index in [1.54, 1.807) is 18.2 Å². The number of piperazine rings is 1. The summed E-state index contributed by atoms with van der Waals surface area (Å²) in [5.74, 6) is 0.880. The summed E-state index contributed by atoms with van der Waals surface area (Å²) in [4.78, 5) is 14.7. The summed E-state index contributed by atoms with van der Waals surface area (Å²) in [6, 6.07) is 11.1. The van der Waals surface area contributed by atoms with Gasteiger partial charge in [0.1, 0.15) is 0 Å². The molecule has 148 valence electrons. The molecule has 4 rings (SSSR count). The van der Waals surface area contributed by atoms with E-state index in [4.69, 9.17) is 9.47 Å². The number of nitrogens with one attached hydrogen (secondary N) is 1. The molecule has 0 unspecified atom stereocenters. The molecule has 2 aliphatic heterocycles. The molecule has 28 heavy (non-hydrogen) atoms. The van der Waals surface area contributed by atoms with Crippen molar-refractivity contribution in [2.75, 3.05) is 45.3 Å². The normalized spacial score (nSPS) is 17.5. The van der Waals surface area contributed by atoms with Gasteiger partial charge in [0.25, 0.3) is 5.91 Å². The number of ether oxygens (including phenoxy) is 2. The first-order chi connectivity index (χ1) is 13.4. The third kappa shape index (κ3) is 3.68. The van der Waals surface area contributed by atoms with Gasteiger partial charge in [0.15, 0.2) is 11.5 Å². The number of likely N-dealkylation sites (N-methyl/N-ethyl adjacent to an activating group) is 1. The molecule has 1 fully saturated rings. The maximum atomic E-state index is 12.8. The van der Waals surface area contributed by atoms with Crippen LogP contribution in [0.3, 0.4) is 0 Å². The van der Waals surface area contributed by atoms with Crippen LogP contribution in [0.2, 0.25) is 0 Å². The number of rotatable bonds is 4. The predicted octanol–water partition coefficient (Wildman–Crippen LogP) is 1.60. The van der Waals surface area contributed by atoms with Gasteiger partial charge in [-0.2, -0.15) is 4.31 Å². The average Bonchev–Trinajstić information content (AvgIpc) is 3.16. The van der Waals surface area contributed by atoms with E-state index in [2.05, 4.69) is 10.2 Å². The minimum atomic E-state index is -3.55. The highest BCUT2D eigenvalue weighted by Gasteiger charge is 2.27. The van der Waals surface area contributed by atoms with Crippen LogP contribution in [0.1, 0.15) is 10.4 Å². The first-order valence-corrected chi connectivity index (χ1v) is 10.4. The molecule has 9 heteroatoms. The predicted molar refractivity (Wildman–Crippen MR) is 103 cm³/mol. The van der Waals surface area contributed by atoms with E-state index in [0.29, 0.717) is 48.9 Å². The maximum absolute atomic E-state index is 12.8. The highest BCUT2D eigenvalue weighted by molar-refractivity contribution is 7.89. The van der Waals surface area contributed by atoms with E-state index >= 15 is 0 Å². The van der Waals surface area contributed by atoms with Crippen LogP contribution in [0.25, 0.3) is 0 Å². The Kier molecular flexibility index (Phi) is 4.96. The van der Waals surface area contributed by atoms with Crippen LogP contribution >= 0.6 is 0 Å². The van der Waals surface area contributed by atoms with Gasteiger partial charge in [-0.05, 0) is 43.4 Å². The van der Waals surface area contributed by atoms with Gasteiger partial charge in [0.05, 0.1) is 4.90 Å². The van der Waals surface area contributed by atoms with Crippen LogP contribution in [-0.4, -0.2) is 63.5 Å². The second-order valence-electron chi connectivity index (χ2n) is 6.75. The molecule has 0 aromatic heterocycles. The number of fused-ring (bicyclic) bond motifs is 1. The van der Waals surface area contributed by atoms with Crippen LogP contribution in [0, 0.1) is 0 Å². The summed E-state index contributed by atoms with van der Waals surface area (Å²) in [6.45, 7) is 2.50. The van der Waals surface area contributed by atoms with E-state index in [-0.39, 0.29) is 17.6 Å². The van der Waals surface area contributed by atoms with Gasteiger partial charge in [-0.15, -0.1) is 0 Å². The molecule has 0 saturated carbocycles. The minimum absolute atomic E-state index is 0.163. The Morgan fingerprint density at radius 2 is 1.64 bits per heavy atom. The highest BCUT2D eigenvalue weighted by atomic mass is 32.2. The third-order valence-electron chi connectivity index (χ3n) is 4.85. The summed E-state index contributed by atoms with van der Waals surface area (Å²) >= 11 is 0. The lowest BCUT2D eigenvalue weighted by Crippen LogP contribution is -2.47. The average molecular weight is 403 g/mol. The molecule has 2 aromatic rings. The minimum Gasteiger partial charge on any atom is -0.454 e. The Bertz CT molecular complexity index is 983. The van der Waals surface area contributed by atoms with Crippen molar-refractivity contribution in [1.82, 2.24) is 9.21 Å². The zero-order chi connectivity index (χ0) is 19.7. The molecule has 0 atom stereocenters. The van der Waals surface area contributed by atoms with Crippen molar-refractivity contribution >= 4 is 21.6 Å². The van der Waals surface area contributed by atoms with E-state index < -0.39 is 10.0 Å². The van der Waals surface area contributed by atoms with Crippen molar-refractivity contribution in [3.63, 3.8) is 0 Å². The van der Waals surface area contributed by atoms with Gasteiger partial charge in [0, 0.05) is 43.5 Å². The summed E-state index contributed by atoms with van der Waals surface area (Å²) in [5.41, 5.74) is 0.943. The van der Waals surface area contributed by atoms with Crippen LogP contribution < -0.4 is 14.8 Å². The molecule has 2 aromatic carbocycles. The number of benzene rings is 2. The van der Waals surface area contributed by atoms with Gasteiger partial charge in [-0.3, -0.25) is 4.79 Å². The van der Waals surface area contributed by atoms with E-state index in [9.17, 15) is 13.2 Å². The monoisotopic (exact) mass is 403 g/mol. The Hall–Kier alpha value is -2.62. The molecular weight excluding hydrogens is 382 g/mol. The smallest absolute Gasteiger partial charge is 0.255 e. The molecule has 0 radical (unpaired) electrons. The molecule has 0 spiro atoms. The zero-order valence-electron chi connectivity index (χ0n) is 15.4. The number of carbonyl (C=O) groups is 1. The lowest BCUT2D eigenvalue weighted by Gasteiger charge is -2.31. The van der Waals surface area contributed by atoms with Crippen molar-refractivity contribution in [2.24, 2.45) is 0 Å². The number of amides is 1. The lowest BCUT2D eigenvalue weighted by molar-refractivity contribution is 0.102. The third-order valence-corrected chi connectivity index (χ3v) is 6.76. The van der Waals surface area contributed by atoms with Gasteiger partial charge < -0.3 is 19.7 Å².